The van der Waals surface area contributed by atoms with Gasteiger partial charge in [-0.1, -0.05) is 25.5 Å². The lowest BCUT2D eigenvalue weighted by molar-refractivity contribution is -0.186. The summed E-state index contributed by atoms with van der Waals surface area (Å²) >= 11 is 0. The van der Waals surface area contributed by atoms with Gasteiger partial charge in [-0.2, -0.15) is 0 Å². The Balaban J connectivity index is 1.63. The molecular weight excluding hydrogens is 380 g/mol. The number of rotatable bonds is 3. The fraction of sp³-hybridized carbons (Fsp3) is 0.800. The molecule has 0 aromatic rings. The van der Waals surface area contributed by atoms with Gasteiger partial charge in [-0.3, -0.25) is 14.4 Å². The van der Waals surface area contributed by atoms with Crippen LogP contribution in [0.15, 0.2) is 11.6 Å². The molecule has 5 nitrogen and oxygen atoms in total. The van der Waals surface area contributed by atoms with E-state index in [1.54, 1.807) is 6.92 Å². The number of fused-ring (bicyclic) bond motifs is 5. The fourth-order valence-corrected chi connectivity index (χ4v) is 8.02. The molecule has 0 heterocycles. The molecule has 0 bridgehead atoms. The number of ketones is 1. The second-order valence-electron chi connectivity index (χ2n) is 10.7. The third-order valence-corrected chi connectivity index (χ3v) is 9.40. The minimum atomic E-state index is -0.966. The number of carbonyl (C=O) groups excluding carboxylic acids is 3. The van der Waals surface area contributed by atoms with Crippen LogP contribution >= 0.6 is 0 Å². The molecule has 0 aromatic heterocycles. The van der Waals surface area contributed by atoms with Crippen LogP contribution in [0.3, 0.4) is 0 Å². The van der Waals surface area contributed by atoms with Gasteiger partial charge in [0.2, 0.25) is 0 Å². The first-order valence-corrected chi connectivity index (χ1v) is 11.6. The van der Waals surface area contributed by atoms with Crippen molar-refractivity contribution in [3.05, 3.63) is 11.6 Å². The van der Waals surface area contributed by atoms with Gasteiger partial charge in [0, 0.05) is 25.7 Å². The molecule has 0 N–H and O–H groups in total. The average molecular weight is 417 g/mol. The van der Waals surface area contributed by atoms with Crippen LogP contribution < -0.4 is 0 Å². The first-order valence-electron chi connectivity index (χ1n) is 11.6. The van der Waals surface area contributed by atoms with Gasteiger partial charge >= 0.3 is 11.9 Å². The van der Waals surface area contributed by atoms with Crippen LogP contribution in [0.2, 0.25) is 0 Å². The topological polar surface area (TPSA) is 69.7 Å². The van der Waals surface area contributed by atoms with Crippen molar-refractivity contribution in [2.75, 3.05) is 0 Å². The Morgan fingerprint density at radius 2 is 1.63 bits per heavy atom. The Morgan fingerprint density at radius 3 is 2.27 bits per heavy atom. The molecule has 3 saturated carbocycles. The summed E-state index contributed by atoms with van der Waals surface area (Å²) < 4.78 is 11.4. The lowest BCUT2D eigenvalue weighted by Crippen LogP contribution is -2.58. The van der Waals surface area contributed by atoms with Gasteiger partial charge in [-0.05, 0) is 75.0 Å². The zero-order chi connectivity index (χ0) is 21.9. The molecule has 0 radical (unpaired) electrons. The first-order chi connectivity index (χ1) is 14.0. The fourth-order valence-electron chi connectivity index (χ4n) is 8.02. The maximum atomic E-state index is 12.8. The summed E-state index contributed by atoms with van der Waals surface area (Å²) in [5.41, 5.74) is 0.346. The van der Waals surface area contributed by atoms with Gasteiger partial charge in [-0.15, -0.1) is 0 Å². The lowest BCUT2D eigenvalue weighted by Gasteiger charge is -2.59. The highest BCUT2D eigenvalue weighted by atomic mass is 16.6. The van der Waals surface area contributed by atoms with Crippen LogP contribution in [0.25, 0.3) is 0 Å². The predicted octanol–water partition coefficient (Wildman–Crippen LogP) is 4.77. The van der Waals surface area contributed by atoms with E-state index in [-0.39, 0.29) is 34.7 Å². The Hall–Kier alpha value is -1.65. The molecule has 3 fully saturated rings. The second kappa shape index (κ2) is 7.20. The van der Waals surface area contributed by atoms with E-state index < -0.39 is 5.60 Å². The van der Waals surface area contributed by atoms with E-state index in [4.69, 9.17) is 9.47 Å². The van der Waals surface area contributed by atoms with Gasteiger partial charge in [0.05, 0.1) is 0 Å². The molecule has 3 unspecified atom stereocenters. The molecule has 0 aromatic carbocycles. The summed E-state index contributed by atoms with van der Waals surface area (Å²) in [6.45, 7) is 9.11. The van der Waals surface area contributed by atoms with E-state index in [0.29, 0.717) is 24.2 Å². The van der Waals surface area contributed by atoms with Crippen molar-refractivity contribution in [2.45, 2.75) is 97.7 Å². The van der Waals surface area contributed by atoms with Crippen LogP contribution in [0.1, 0.15) is 86.0 Å². The zero-order valence-corrected chi connectivity index (χ0v) is 19.1. The summed E-state index contributed by atoms with van der Waals surface area (Å²) in [5, 5.41) is 0. The second-order valence-corrected chi connectivity index (χ2v) is 10.7. The molecular formula is C25H36O5. The van der Waals surface area contributed by atoms with E-state index in [0.717, 1.165) is 44.9 Å². The van der Waals surface area contributed by atoms with E-state index in [9.17, 15) is 14.4 Å². The van der Waals surface area contributed by atoms with Crippen LogP contribution in [0.5, 0.6) is 0 Å². The van der Waals surface area contributed by atoms with Gasteiger partial charge in [-0.25, -0.2) is 0 Å². The number of esters is 2. The van der Waals surface area contributed by atoms with Gasteiger partial charge < -0.3 is 9.47 Å². The van der Waals surface area contributed by atoms with Crippen molar-refractivity contribution in [3.8, 4) is 0 Å². The summed E-state index contributed by atoms with van der Waals surface area (Å²) in [6.07, 6.45) is 9.81. The minimum absolute atomic E-state index is 0.00120. The monoisotopic (exact) mass is 416 g/mol. The zero-order valence-electron chi connectivity index (χ0n) is 19.1. The van der Waals surface area contributed by atoms with E-state index in [1.165, 1.54) is 19.4 Å². The number of allylic oxidation sites excluding steroid dienone is 1. The standard InChI is InChI=1S/C25H36O5/c1-15(26)25(30-17(3)28)13-10-22-20-7-6-18-14-19(29-16(2)27)8-11-23(18,4)21(20)9-12-24(22,25)5/h6,19-22H,7-14H2,1-5H3/t19-,20?,21?,22?,23-,24-,25-/m0/s1. The Bertz CT molecular complexity index is 799. The molecule has 0 spiro atoms. The first kappa shape index (κ1) is 21.6. The molecule has 5 heteroatoms. The Morgan fingerprint density at radius 1 is 0.933 bits per heavy atom. The van der Waals surface area contributed by atoms with Crippen molar-refractivity contribution >= 4 is 17.7 Å². The highest BCUT2D eigenvalue weighted by Crippen LogP contribution is 2.68. The maximum Gasteiger partial charge on any atom is 0.303 e. The molecule has 0 aliphatic heterocycles. The molecule has 4 rings (SSSR count). The van der Waals surface area contributed by atoms with Crippen LogP contribution in [-0.2, 0) is 23.9 Å². The molecule has 4 aliphatic carbocycles. The maximum absolute atomic E-state index is 12.8. The van der Waals surface area contributed by atoms with Crippen molar-refractivity contribution in [2.24, 2.45) is 28.6 Å². The van der Waals surface area contributed by atoms with Crippen LogP contribution in [-0.4, -0.2) is 29.4 Å². The Kier molecular flexibility index (Phi) is 5.18. The number of Topliss-reactive ketones (excluding diaryl/α,β-unsaturated/α-hetero) is 1. The third-order valence-electron chi connectivity index (χ3n) is 9.40. The lowest BCUT2D eigenvalue weighted by atomic mass is 9.46. The van der Waals surface area contributed by atoms with E-state index in [2.05, 4.69) is 19.9 Å². The largest absolute Gasteiger partial charge is 0.462 e. The number of hydrogen-bond acceptors (Lipinski definition) is 5. The summed E-state index contributed by atoms with van der Waals surface area (Å²) in [5.74, 6) is 0.939. The average Bonchev–Trinajstić information content (AvgIpc) is 2.94. The number of hydrogen-bond donors (Lipinski definition) is 0. The number of ether oxygens (including phenoxy) is 2. The van der Waals surface area contributed by atoms with Crippen molar-refractivity contribution in [1.29, 1.82) is 0 Å². The highest BCUT2D eigenvalue weighted by molar-refractivity contribution is 5.89. The molecule has 0 amide bonds. The molecule has 4 aliphatic rings. The summed E-state index contributed by atoms with van der Waals surface area (Å²) in [7, 11) is 0. The van der Waals surface area contributed by atoms with Crippen molar-refractivity contribution in [1.82, 2.24) is 0 Å². The normalized spacial score (nSPS) is 44.8. The predicted molar refractivity (Wildman–Crippen MR) is 112 cm³/mol. The Labute approximate surface area is 179 Å². The van der Waals surface area contributed by atoms with E-state index in [1.807, 2.05) is 0 Å². The SMILES string of the molecule is CC(=O)O[C@H]1CC[C@@]2(C)C(=CCC3C2CC[C@@]2(C)C3CC[C@]2(OC(C)=O)C(C)=O)C1. The minimum Gasteiger partial charge on any atom is -0.462 e. The van der Waals surface area contributed by atoms with E-state index >= 15 is 0 Å². The quantitative estimate of drug-likeness (QED) is 0.489. The smallest absolute Gasteiger partial charge is 0.303 e. The summed E-state index contributed by atoms with van der Waals surface area (Å²) in [6, 6.07) is 0. The highest BCUT2D eigenvalue weighted by Gasteiger charge is 2.67. The van der Waals surface area contributed by atoms with Gasteiger partial charge in [0.1, 0.15) is 6.10 Å². The van der Waals surface area contributed by atoms with Crippen molar-refractivity contribution in [3.63, 3.8) is 0 Å². The molecule has 7 atom stereocenters. The molecule has 166 valence electrons. The van der Waals surface area contributed by atoms with Crippen molar-refractivity contribution < 1.29 is 23.9 Å². The molecule has 0 saturated heterocycles. The summed E-state index contributed by atoms with van der Waals surface area (Å²) in [4.78, 5) is 36.2. The molecule has 30 heavy (non-hydrogen) atoms. The van der Waals surface area contributed by atoms with Gasteiger partial charge in [0.15, 0.2) is 11.4 Å². The van der Waals surface area contributed by atoms with Crippen LogP contribution in [0.4, 0.5) is 0 Å². The van der Waals surface area contributed by atoms with Crippen LogP contribution in [0, 0.1) is 28.6 Å². The number of carbonyl (C=O) groups is 3. The van der Waals surface area contributed by atoms with Gasteiger partial charge in [0.25, 0.3) is 0 Å². The third kappa shape index (κ3) is 2.98.